The minimum Gasteiger partial charge on any atom is -0.464 e. The van der Waals surface area contributed by atoms with E-state index in [9.17, 15) is 0 Å². The normalized spacial score (nSPS) is 10.2. The number of rotatable bonds is 3. The van der Waals surface area contributed by atoms with Crippen LogP contribution < -0.4 is 10.5 Å². The molecule has 0 bridgehead atoms. The molecule has 0 radical (unpaired) electrons. The largest absolute Gasteiger partial charge is 0.464 e. The van der Waals surface area contributed by atoms with Crippen LogP contribution in [0.5, 0.6) is 6.01 Å². The van der Waals surface area contributed by atoms with Gasteiger partial charge in [-0.2, -0.15) is 15.0 Å². The van der Waals surface area contributed by atoms with Gasteiger partial charge in [-0.3, -0.25) is 0 Å². The van der Waals surface area contributed by atoms with Crippen LogP contribution in [0.15, 0.2) is 24.3 Å². The molecule has 0 amide bonds. The number of hydrogen-bond donors (Lipinski definition) is 1. The molecule has 0 spiro atoms. The van der Waals surface area contributed by atoms with Crippen LogP contribution in [0.4, 0.5) is 5.95 Å². The Balaban J connectivity index is 2.44. The summed E-state index contributed by atoms with van der Waals surface area (Å²) in [6.07, 6.45) is 0. The summed E-state index contributed by atoms with van der Waals surface area (Å²) in [6.45, 7) is 4.38. The van der Waals surface area contributed by atoms with Crippen molar-refractivity contribution in [1.29, 1.82) is 0 Å². The molecule has 5 nitrogen and oxygen atoms in total. The molecule has 0 fully saturated rings. The fraction of sp³-hybridized carbons (Fsp3) is 0.250. The highest BCUT2D eigenvalue weighted by Gasteiger charge is 2.07. The monoisotopic (exact) mass is 230 g/mol. The quantitative estimate of drug-likeness (QED) is 0.870. The summed E-state index contributed by atoms with van der Waals surface area (Å²) >= 11 is 0. The Bertz CT molecular complexity index is 528. The molecule has 2 N–H and O–H groups in total. The lowest BCUT2D eigenvalue weighted by Crippen LogP contribution is -2.04. The van der Waals surface area contributed by atoms with E-state index in [-0.39, 0.29) is 12.0 Å². The first kappa shape index (κ1) is 11.3. The van der Waals surface area contributed by atoms with Crippen LogP contribution in [0.2, 0.25) is 0 Å². The Morgan fingerprint density at radius 3 is 2.76 bits per heavy atom. The molecule has 0 aliphatic rings. The van der Waals surface area contributed by atoms with Crippen molar-refractivity contribution < 1.29 is 4.74 Å². The lowest BCUT2D eigenvalue weighted by Gasteiger charge is -2.05. The molecular formula is C12H14N4O. The Kier molecular flexibility index (Phi) is 3.18. The molecule has 0 atom stereocenters. The van der Waals surface area contributed by atoms with Crippen LogP contribution in [-0.4, -0.2) is 21.6 Å². The van der Waals surface area contributed by atoms with Gasteiger partial charge in [-0.1, -0.05) is 23.8 Å². The summed E-state index contributed by atoms with van der Waals surface area (Å²) in [7, 11) is 0. The molecule has 0 saturated carbocycles. The van der Waals surface area contributed by atoms with Gasteiger partial charge in [0.1, 0.15) is 0 Å². The van der Waals surface area contributed by atoms with Crippen molar-refractivity contribution in [2.45, 2.75) is 13.8 Å². The van der Waals surface area contributed by atoms with Gasteiger partial charge in [0.05, 0.1) is 6.61 Å². The van der Waals surface area contributed by atoms with Gasteiger partial charge < -0.3 is 10.5 Å². The zero-order chi connectivity index (χ0) is 12.3. The Morgan fingerprint density at radius 2 is 2.06 bits per heavy atom. The molecular weight excluding hydrogens is 216 g/mol. The van der Waals surface area contributed by atoms with Gasteiger partial charge in [0.2, 0.25) is 5.95 Å². The molecule has 88 valence electrons. The maximum atomic E-state index is 5.62. The van der Waals surface area contributed by atoms with Crippen LogP contribution in [-0.2, 0) is 0 Å². The Labute approximate surface area is 99.7 Å². The highest BCUT2D eigenvalue weighted by molar-refractivity contribution is 5.57. The number of nitrogens with two attached hydrogens (primary N) is 1. The minimum atomic E-state index is 0.167. The molecule has 0 saturated heterocycles. The zero-order valence-corrected chi connectivity index (χ0v) is 9.84. The predicted octanol–water partition coefficient (Wildman–Crippen LogP) is 1.83. The molecule has 0 aliphatic carbocycles. The van der Waals surface area contributed by atoms with Gasteiger partial charge in [0, 0.05) is 5.56 Å². The van der Waals surface area contributed by atoms with Gasteiger partial charge in [0.15, 0.2) is 5.82 Å². The fourth-order valence-corrected chi connectivity index (χ4v) is 1.48. The average Bonchev–Trinajstić information content (AvgIpc) is 2.28. The molecule has 1 heterocycles. The van der Waals surface area contributed by atoms with Gasteiger partial charge >= 0.3 is 6.01 Å². The highest BCUT2D eigenvalue weighted by Crippen LogP contribution is 2.18. The van der Waals surface area contributed by atoms with Crippen LogP contribution in [0.3, 0.4) is 0 Å². The maximum Gasteiger partial charge on any atom is 0.321 e. The number of nitrogens with zero attached hydrogens (tertiary/aromatic N) is 3. The summed E-state index contributed by atoms with van der Waals surface area (Å²) < 4.78 is 5.24. The lowest BCUT2D eigenvalue weighted by atomic mass is 10.1. The molecule has 17 heavy (non-hydrogen) atoms. The second-order valence-corrected chi connectivity index (χ2v) is 3.60. The van der Waals surface area contributed by atoms with E-state index in [0.29, 0.717) is 12.4 Å². The number of aromatic nitrogens is 3. The minimum absolute atomic E-state index is 0.167. The Morgan fingerprint density at radius 1 is 1.24 bits per heavy atom. The molecule has 5 heteroatoms. The number of anilines is 1. The van der Waals surface area contributed by atoms with Gasteiger partial charge in [0.25, 0.3) is 0 Å². The summed E-state index contributed by atoms with van der Waals surface area (Å²) in [5, 5.41) is 0. The summed E-state index contributed by atoms with van der Waals surface area (Å²) in [5.74, 6) is 0.699. The smallest absolute Gasteiger partial charge is 0.321 e. The molecule has 2 rings (SSSR count). The summed E-state index contributed by atoms with van der Waals surface area (Å²) in [6, 6.07) is 8.14. The number of benzene rings is 1. The molecule has 0 aliphatic heterocycles. The number of nitrogen functional groups attached to an aromatic ring is 1. The molecule has 0 unspecified atom stereocenters. The van der Waals surface area contributed by atoms with Crippen molar-refractivity contribution in [1.82, 2.24) is 15.0 Å². The third-order valence-corrected chi connectivity index (χ3v) is 2.18. The third kappa shape index (κ3) is 2.69. The number of aryl methyl sites for hydroxylation is 1. The van der Waals surface area contributed by atoms with E-state index in [0.717, 1.165) is 11.1 Å². The van der Waals surface area contributed by atoms with E-state index in [1.807, 2.05) is 38.1 Å². The van der Waals surface area contributed by atoms with Crippen molar-refractivity contribution in [2.75, 3.05) is 12.3 Å². The SMILES string of the molecule is CCOc1nc(N)nc(-c2cccc(C)c2)n1. The van der Waals surface area contributed by atoms with E-state index in [1.54, 1.807) is 0 Å². The predicted molar refractivity (Wildman–Crippen MR) is 65.6 cm³/mol. The highest BCUT2D eigenvalue weighted by atomic mass is 16.5. The first-order valence-corrected chi connectivity index (χ1v) is 5.40. The lowest BCUT2D eigenvalue weighted by molar-refractivity contribution is 0.312. The van der Waals surface area contributed by atoms with Gasteiger partial charge in [-0.25, -0.2) is 0 Å². The van der Waals surface area contributed by atoms with Crippen molar-refractivity contribution in [3.63, 3.8) is 0 Å². The maximum absolute atomic E-state index is 5.62. The van der Waals surface area contributed by atoms with Crippen molar-refractivity contribution in [2.24, 2.45) is 0 Å². The second-order valence-electron chi connectivity index (χ2n) is 3.60. The third-order valence-electron chi connectivity index (χ3n) is 2.18. The van der Waals surface area contributed by atoms with E-state index in [1.165, 1.54) is 0 Å². The molecule has 2 aromatic rings. The van der Waals surface area contributed by atoms with Crippen LogP contribution >= 0.6 is 0 Å². The van der Waals surface area contributed by atoms with Crippen LogP contribution in [0.25, 0.3) is 11.4 Å². The van der Waals surface area contributed by atoms with Gasteiger partial charge in [-0.05, 0) is 19.9 Å². The zero-order valence-electron chi connectivity index (χ0n) is 9.84. The van der Waals surface area contributed by atoms with Crippen LogP contribution in [0, 0.1) is 6.92 Å². The van der Waals surface area contributed by atoms with E-state index in [4.69, 9.17) is 10.5 Å². The number of hydrogen-bond acceptors (Lipinski definition) is 5. The summed E-state index contributed by atoms with van der Waals surface area (Å²) in [4.78, 5) is 12.2. The van der Waals surface area contributed by atoms with E-state index >= 15 is 0 Å². The average molecular weight is 230 g/mol. The fourth-order valence-electron chi connectivity index (χ4n) is 1.48. The van der Waals surface area contributed by atoms with Crippen molar-refractivity contribution in [3.8, 4) is 17.4 Å². The Hall–Kier alpha value is -2.17. The standard InChI is InChI=1S/C12H14N4O/c1-3-17-12-15-10(14-11(13)16-12)9-6-4-5-8(2)7-9/h4-7H,3H2,1-2H3,(H2,13,14,15,16). The van der Waals surface area contributed by atoms with Crippen LogP contribution in [0.1, 0.15) is 12.5 Å². The first-order valence-electron chi connectivity index (χ1n) is 5.40. The van der Waals surface area contributed by atoms with Gasteiger partial charge in [-0.15, -0.1) is 0 Å². The first-order chi connectivity index (χ1) is 8.19. The summed E-state index contributed by atoms with van der Waals surface area (Å²) in [5.41, 5.74) is 7.66. The molecule has 1 aromatic carbocycles. The van der Waals surface area contributed by atoms with E-state index in [2.05, 4.69) is 15.0 Å². The molecule has 1 aromatic heterocycles. The second kappa shape index (κ2) is 4.78. The number of ether oxygens (including phenoxy) is 1. The van der Waals surface area contributed by atoms with Crippen molar-refractivity contribution >= 4 is 5.95 Å². The topological polar surface area (TPSA) is 73.9 Å². The van der Waals surface area contributed by atoms with E-state index < -0.39 is 0 Å². The van der Waals surface area contributed by atoms with Crippen molar-refractivity contribution in [3.05, 3.63) is 29.8 Å².